The molecule has 0 aliphatic rings. The van der Waals surface area contributed by atoms with E-state index in [9.17, 15) is 0 Å². The van der Waals surface area contributed by atoms with E-state index < -0.39 is 0 Å². The summed E-state index contributed by atoms with van der Waals surface area (Å²) in [6.45, 7) is 4.24. The Hall–Kier alpha value is -0.310. The summed E-state index contributed by atoms with van der Waals surface area (Å²) in [4.78, 5) is 0.525. The molecule has 0 aliphatic heterocycles. The highest BCUT2D eigenvalue weighted by atomic mass is 79.9. The quantitative estimate of drug-likeness (QED) is 0.693. The average molecular weight is 217 g/mol. The summed E-state index contributed by atoms with van der Waals surface area (Å²) in [5.74, 6) is 0. The zero-order chi connectivity index (χ0) is 8.43. The van der Waals surface area contributed by atoms with Gasteiger partial charge in [-0.25, -0.2) is 0 Å². The standard InChI is InChI=1S/C8H13BrN2/c1-6-5-10-11(3)8(6)4-7(2)9/h5,7H,4H2,1-3H3. The zero-order valence-corrected chi connectivity index (χ0v) is 8.72. The first-order valence-electron chi connectivity index (χ1n) is 3.73. The largest absolute Gasteiger partial charge is 0.272 e. The molecular weight excluding hydrogens is 204 g/mol. The van der Waals surface area contributed by atoms with E-state index in [0.29, 0.717) is 4.83 Å². The van der Waals surface area contributed by atoms with E-state index in [1.165, 1.54) is 11.3 Å². The third-order valence-corrected chi connectivity index (χ3v) is 2.07. The van der Waals surface area contributed by atoms with E-state index in [1.54, 1.807) is 0 Å². The van der Waals surface area contributed by atoms with Crippen LogP contribution < -0.4 is 0 Å². The van der Waals surface area contributed by atoms with Crippen molar-refractivity contribution in [2.45, 2.75) is 25.1 Å². The molecule has 0 saturated carbocycles. The van der Waals surface area contributed by atoms with Gasteiger partial charge in [-0.2, -0.15) is 5.10 Å². The maximum absolute atomic E-state index is 4.17. The molecule has 2 nitrogen and oxygen atoms in total. The van der Waals surface area contributed by atoms with E-state index in [4.69, 9.17) is 0 Å². The predicted octanol–water partition coefficient (Wildman–Crippen LogP) is 2.05. The fourth-order valence-electron chi connectivity index (χ4n) is 1.13. The van der Waals surface area contributed by atoms with Gasteiger partial charge in [-0.15, -0.1) is 0 Å². The lowest BCUT2D eigenvalue weighted by molar-refractivity contribution is 0.702. The molecule has 0 amide bonds. The van der Waals surface area contributed by atoms with Crippen molar-refractivity contribution in [2.75, 3.05) is 0 Å². The first kappa shape index (κ1) is 8.78. The number of halogens is 1. The van der Waals surface area contributed by atoms with Crippen LogP contribution in [0.4, 0.5) is 0 Å². The second kappa shape index (κ2) is 3.39. The van der Waals surface area contributed by atoms with Gasteiger partial charge in [-0.3, -0.25) is 4.68 Å². The maximum atomic E-state index is 4.17. The summed E-state index contributed by atoms with van der Waals surface area (Å²) in [6.07, 6.45) is 2.95. The first-order chi connectivity index (χ1) is 5.11. The smallest absolute Gasteiger partial charge is 0.0521 e. The highest BCUT2D eigenvalue weighted by molar-refractivity contribution is 9.09. The van der Waals surface area contributed by atoms with Gasteiger partial charge in [0.15, 0.2) is 0 Å². The topological polar surface area (TPSA) is 17.8 Å². The van der Waals surface area contributed by atoms with Crippen LogP contribution in [-0.2, 0) is 13.5 Å². The van der Waals surface area contributed by atoms with Crippen LogP contribution in [0.2, 0.25) is 0 Å². The number of nitrogens with zero attached hydrogens (tertiary/aromatic N) is 2. The van der Waals surface area contributed by atoms with Crippen molar-refractivity contribution >= 4 is 15.9 Å². The molecule has 0 bridgehead atoms. The molecule has 1 rings (SSSR count). The maximum Gasteiger partial charge on any atom is 0.0521 e. The Morgan fingerprint density at radius 2 is 2.36 bits per heavy atom. The van der Waals surface area contributed by atoms with E-state index in [0.717, 1.165) is 6.42 Å². The zero-order valence-electron chi connectivity index (χ0n) is 7.13. The lowest BCUT2D eigenvalue weighted by atomic mass is 10.2. The molecule has 62 valence electrons. The molecule has 0 aromatic carbocycles. The van der Waals surface area contributed by atoms with Crippen molar-refractivity contribution in [1.29, 1.82) is 0 Å². The summed E-state index contributed by atoms with van der Waals surface area (Å²) in [6, 6.07) is 0. The van der Waals surface area contributed by atoms with Crippen molar-refractivity contribution in [3.05, 3.63) is 17.5 Å². The van der Waals surface area contributed by atoms with Crippen molar-refractivity contribution in [2.24, 2.45) is 7.05 Å². The van der Waals surface area contributed by atoms with Gasteiger partial charge in [0.2, 0.25) is 0 Å². The molecular formula is C8H13BrN2. The molecule has 1 unspecified atom stereocenters. The third-order valence-electron chi connectivity index (χ3n) is 1.75. The SMILES string of the molecule is Cc1cnn(C)c1CC(C)Br. The fraction of sp³-hybridized carbons (Fsp3) is 0.625. The van der Waals surface area contributed by atoms with Crippen molar-refractivity contribution < 1.29 is 0 Å². The fourth-order valence-corrected chi connectivity index (χ4v) is 1.44. The van der Waals surface area contributed by atoms with Gasteiger partial charge in [0.05, 0.1) is 6.20 Å². The average Bonchev–Trinajstić information content (AvgIpc) is 2.18. The molecule has 0 spiro atoms. The number of alkyl halides is 1. The van der Waals surface area contributed by atoms with Crippen LogP contribution in [0, 0.1) is 6.92 Å². The molecule has 1 aromatic rings. The highest BCUT2D eigenvalue weighted by Gasteiger charge is 2.06. The molecule has 0 N–H and O–H groups in total. The Morgan fingerprint density at radius 3 is 2.73 bits per heavy atom. The predicted molar refractivity (Wildman–Crippen MR) is 50.0 cm³/mol. The van der Waals surface area contributed by atoms with Gasteiger partial charge in [0, 0.05) is 24.0 Å². The van der Waals surface area contributed by atoms with Crippen LogP contribution in [0.25, 0.3) is 0 Å². The van der Waals surface area contributed by atoms with E-state index in [2.05, 4.69) is 34.9 Å². The summed E-state index contributed by atoms with van der Waals surface area (Å²) in [5, 5.41) is 4.17. The van der Waals surface area contributed by atoms with Crippen molar-refractivity contribution in [3.63, 3.8) is 0 Å². The summed E-state index contributed by atoms with van der Waals surface area (Å²) in [5.41, 5.74) is 2.59. The molecule has 11 heavy (non-hydrogen) atoms. The normalized spacial score (nSPS) is 13.5. The highest BCUT2D eigenvalue weighted by Crippen LogP contribution is 2.12. The van der Waals surface area contributed by atoms with Gasteiger partial charge in [-0.05, 0) is 12.5 Å². The molecule has 1 aromatic heterocycles. The first-order valence-corrected chi connectivity index (χ1v) is 4.64. The number of aryl methyl sites for hydroxylation is 2. The Balaban J connectivity index is 2.83. The monoisotopic (exact) mass is 216 g/mol. The summed E-state index contributed by atoms with van der Waals surface area (Å²) >= 11 is 3.52. The molecule has 0 fully saturated rings. The second-order valence-corrected chi connectivity index (χ2v) is 4.45. The minimum atomic E-state index is 0.525. The molecule has 3 heteroatoms. The van der Waals surface area contributed by atoms with Crippen molar-refractivity contribution in [3.8, 4) is 0 Å². The van der Waals surface area contributed by atoms with Crippen LogP contribution in [0.3, 0.4) is 0 Å². The molecule has 0 aliphatic carbocycles. The Bertz CT molecular complexity index is 221. The van der Waals surface area contributed by atoms with Gasteiger partial charge in [0.25, 0.3) is 0 Å². The second-order valence-electron chi connectivity index (χ2n) is 2.88. The van der Waals surface area contributed by atoms with Gasteiger partial charge in [-0.1, -0.05) is 22.9 Å². The summed E-state index contributed by atoms with van der Waals surface area (Å²) < 4.78 is 1.94. The third kappa shape index (κ3) is 2.06. The van der Waals surface area contributed by atoms with Crippen LogP contribution >= 0.6 is 15.9 Å². The van der Waals surface area contributed by atoms with Crippen LogP contribution in [0.5, 0.6) is 0 Å². The van der Waals surface area contributed by atoms with Gasteiger partial charge in [0.1, 0.15) is 0 Å². The number of hydrogen-bond donors (Lipinski definition) is 0. The Labute approximate surface area is 75.7 Å². The number of rotatable bonds is 2. The minimum Gasteiger partial charge on any atom is -0.272 e. The molecule has 0 radical (unpaired) electrons. The van der Waals surface area contributed by atoms with Crippen molar-refractivity contribution in [1.82, 2.24) is 9.78 Å². The molecule has 0 saturated heterocycles. The number of aromatic nitrogens is 2. The molecule has 1 heterocycles. The molecule has 1 atom stereocenters. The van der Waals surface area contributed by atoms with Crippen LogP contribution in [0.15, 0.2) is 6.20 Å². The lowest BCUT2D eigenvalue weighted by Crippen LogP contribution is -2.05. The van der Waals surface area contributed by atoms with Crippen LogP contribution in [-0.4, -0.2) is 14.6 Å². The Kier molecular flexibility index (Phi) is 2.71. The lowest BCUT2D eigenvalue weighted by Gasteiger charge is -2.04. The van der Waals surface area contributed by atoms with Crippen LogP contribution in [0.1, 0.15) is 18.2 Å². The van der Waals surface area contributed by atoms with Gasteiger partial charge < -0.3 is 0 Å². The van der Waals surface area contributed by atoms with Gasteiger partial charge >= 0.3 is 0 Å². The van der Waals surface area contributed by atoms with E-state index in [1.807, 2.05) is 17.9 Å². The number of hydrogen-bond acceptors (Lipinski definition) is 1. The minimum absolute atomic E-state index is 0.525. The van der Waals surface area contributed by atoms with E-state index >= 15 is 0 Å². The van der Waals surface area contributed by atoms with E-state index in [-0.39, 0.29) is 0 Å². The summed E-state index contributed by atoms with van der Waals surface area (Å²) in [7, 11) is 1.98. The Morgan fingerprint density at radius 1 is 1.73 bits per heavy atom.